The molecule has 3 amide bonds. The van der Waals surface area contributed by atoms with E-state index in [0.717, 1.165) is 9.47 Å². The number of hydrogen-bond donors (Lipinski definition) is 4. The average Bonchev–Trinajstić information content (AvgIpc) is 3.35. The summed E-state index contributed by atoms with van der Waals surface area (Å²) in [6, 6.07) is 15.2. The van der Waals surface area contributed by atoms with Crippen LogP contribution in [0.2, 0.25) is 0 Å². The third-order valence-corrected chi connectivity index (χ3v) is 6.58. The molecule has 5 rings (SSSR count). The molecule has 3 heterocycles. The summed E-state index contributed by atoms with van der Waals surface area (Å²) in [6.07, 6.45) is -4.04. The van der Waals surface area contributed by atoms with Crippen LogP contribution in [-0.4, -0.2) is 78.5 Å². The molecular weight excluding hydrogens is 496 g/mol. The van der Waals surface area contributed by atoms with Gasteiger partial charge in [-0.2, -0.15) is 4.98 Å². The summed E-state index contributed by atoms with van der Waals surface area (Å²) in [5.41, 5.74) is 0.195. The molecule has 1 aromatic heterocycles. The molecule has 0 bridgehead atoms. The van der Waals surface area contributed by atoms with Gasteiger partial charge in [-0.3, -0.25) is 23.9 Å². The van der Waals surface area contributed by atoms with Gasteiger partial charge in [0.25, 0.3) is 11.8 Å². The second-order valence-electron chi connectivity index (χ2n) is 8.95. The van der Waals surface area contributed by atoms with Crippen LogP contribution in [0.5, 0.6) is 0 Å². The number of carbonyl (C=O) groups is 3. The smallest absolute Gasteiger partial charge is 0.351 e. The third-order valence-electron chi connectivity index (χ3n) is 6.58. The van der Waals surface area contributed by atoms with Crippen LogP contribution in [0.4, 0.5) is 5.82 Å². The highest BCUT2D eigenvalue weighted by atomic mass is 16.6. The van der Waals surface area contributed by atoms with E-state index in [1.54, 1.807) is 42.5 Å². The fourth-order valence-corrected chi connectivity index (χ4v) is 4.62. The summed E-state index contributed by atoms with van der Waals surface area (Å²) in [6.45, 7) is -0.564. The highest BCUT2D eigenvalue weighted by molar-refractivity contribution is 6.23. The molecule has 0 aliphatic carbocycles. The Kier molecular flexibility index (Phi) is 6.87. The van der Waals surface area contributed by atoms with Gasteiger partial charge in [-0.1, -0.05) is 42.5 Å². The van der Waals surface area contributed by atoms with E-state index in [0.29, 0.717) is 5.56 Å². The van der Waals surface area contributed by atoms with Gasteiger partial charge in [-0.15, -0.1) is 0 Å². The lowest BCUT2D eigenvalue weighted by Crippen LogP contribution is -2.48. The number of rotatable bonds is 7. The Morgan fingerprint density at radius 2 is 1.58 bits per heavy atom. The molecule has 0 radical (unpaired) electrons. The van der Waals surface area contributed by atoms with Gasteiger partial charge in [-0.05, 0) is 23.8 Å². The van der Waals surface area contributed by atoms with Crippen molar-refractivity contribution < 1.29 is 34.4 Å². The molecule has 196 valence electrons. The molecule has 5 atom stereocenters. The number of anilines is 1. The summed E-state index contributed by atoms with van der Waals surface area (Å²) < 4.78 is 6.27. The highest BCUT2D eigenvalue weighted by Gasteiger charge is 2.44. The molecular formula is C26H24N4O8. The quantitative estimate of drug-likeness (QED) is 0.305. The molecule has 12 heteroatoms. The molecule has 2 aliphatic heterocycles. The first-order valence-corrected chi connectivity index (χ1v) is 11.8. The van der Waals surface area contributed by atoms with Crippen LogP contribution in [0, 0.1) is 0 Å². The zero-order chi connectivity index (χ0) is 27.0. The standard InChI is InChI=1S/C26H24N4O8/c31-13-18-20(32)21(33)25(38-18)29-11-10-19(28-26(29)37)27-22(34)17(12-14-6-2-1-3-7-14)30-23(35)15-8-4-5-9-16(15)24(30)36/h1-11,17-18,20-21,25,31-33H,12-13H2,(H,27,28,34,37). The minimum atomic E-state index is -1.49. The first kappa shape index (κ1) is 25.4. The maximum absolute atomic E-state index is 13.4. The summed E-state index contributed by atoms with van der Waals surface area (Å²) in [5.74, 6) is -2.09. The van der Waals surface area contributed by atoms with Gasteiger partial charge in [-0.25, -0.2) is 4.79 Å². The molecule has 4 N–H and O–H groups in total. The summed E-state index contributed by atoms with van der Waals surface area (Å²) >= 11 is 0. The molecule has 2 aliphatic rings. The molecule has 0 spiro atoms. The van der Waals surface area contributed by atoms with Gasteiger partial charge in [0.05, 0.1) is 17.7 Å². The Labute approximate surface area is 215 Å². The van der Waals surface area contributed by atoms with E-state index < -0.39 is 60.6 Å². The van der Waals surface area contributed by atoms with E-state index in [2.05, 4.69) is 10.3 Å². The van der Waals surface area contributed by atoms with Crippen LogP contribution in [-0.2, 0) is 16.0 Å². The Morgan fingerprint density at radius 3 is 2.16 bits per heavy atom. The van der Waals surface area contributed by atoms with E-state index in [9.17, 15) is 34.5 Å². The number of nitrogens with zero attached hydrogens (tertiary/aromatic N) is 3. The van der Waals surface area contributed by atoms with Gasteiger partial charge in [0.1, 0.15) is 30.2 Å². The highest BCUT2D eigenvalue weighted by Crippen LogP contribution is 2.29. The lowest BCUT2D eigenvalue weighted by atomic mass is 10.0. The Bertz CT molecular complexity index is 1410. The lowest BCUT2D eigenvalue weighted by molar-refractivity contribution is -0.120. The third kappa shape index (κ3) is 4.50. The van der Waals surface area contributed by atoms with Crippen molar-refractivity contribution in [1.82, 2.24) is 14.5 Å². The largest absolute Gasteiger partial charge is 0.394 e. The zero-order valence-electron chi connectivity index (χ0n) is 19.9. The molecule has 38 heavy (non-hydrogen) atoms. The number of carbonyl (C=O) groups excluding carboxylic acids is 3. The summed E-state index contributed by atoms with van der Waals surface area (Å²) in [4.78, 5) is 57.1. The second kappa shape index (κ2) is 10.3. The van der Waals surface area contributed by atoms with E-state index in [4.69, 9.17) is 4.74 Å². The monoisotopic (exact) mass is 520 g/mol. The summed E-state index contributed by atoms with van der Waals surface area (Å²) in [5, 5.41) is 31.9. The molecule has 3 aromatic rings. The number of benzene rings is 2. The van der Waals surface area contributed by atoms with Crippen LogP contribution < -0.4 is 11.0 Å². The second-order valence-corrected chi connectivity index (χ2v) is 8.95. The Morgan fingerprint density at radius 1 is 0.947 bits per heavy atom. The number of imide groups is 1. The van der Waals surface area contributed by atoms with Crippen LogP contribution in [0.25, 0.3) is 0 Å². The van der Waals surface area contributed by atoms with Gasteiger partial charge < -0.3 is 25.4 Å². The predicted octanol–water partition coefficient (Wildman–Crippen LogP) is -0.299. The first-order chi connectivity index (χ1) is 18.3. The van der Waals surface area contributed by atoms with Crippen molar-refractivity contribution in [2.45, 2.75) is 37.0 Å². The summed E-state index contributed by atoms with van der Waals surface area (Å²) in [7, 11) is 0. The van der Waals surface area contributed by atoms with Crippen LogP contribution in [0.3, 0.4) is 0 Å². The Hall–Kier alpha value is -4.23. The number of aliphatic hydroxyl groups is 3. The van der Waals surface area contributed by atoms with E-state index >= 15 is 0 Å². The van der Waals surface area contributed by atoms with Gasteiger partial charge in [0.2, 0.25) is 5.91 Å². The van der Waals surface area contributed by atoms with Crippen molar-refractivity contribution in [2.75, 3.05) is 11.9 Å². The fourth-order valence-electron chi connectivity index (χ4n) is 4.62. The number of nitrogens with one attached hydrogen (secondary N) is 1. The van der Waals surface area contributed by atoms with E-state index in [1.165, 1.54) is 24.4 Å². The number of aromatic nitrogens is 2. The van der Waals surface area contributed by atoms with Gasteiger partial charge in [0.15, 0.2) is 6.23 Å². The normalized spacial score (nSPS) is 23.4. The van der Waals surface area contributed by atoms with Crippen LogP contribution in [0.1, 0.15) is 32.5 Å². The van der Waals surface area contributed by atoms with Gasteiger partial charge >= 0.3 is 5.69 Å². The van der Waals surface area contributed by atoms with Crippen molar-refractivity contribution in [3.8, 4) is 0 Å². The lowest BCUT2D eigenvalue weighted by Gasteiger charge is -2.25. The number of hydrogen-bond acceptors (Lipinski definition) is 9. The molecule has 0 saturated carbocycles. The minimum absolute atomic E-state index is 0.0255. The number of ether oxygens (including phenoxy) is 1. The Balaban J connectivity index is 1.41. The number of aliphatic hydroxyl groups excluding tert-OH is 3. The molecule has 12 nitrogen and oxygen atoms in total. The maximum Gasteiger partial charge on any atom is 0.351 e. The SMILES string of the molecule is O=C(Nc1ccn(C2OC(CO)C(O)C2O)c(=O)n1)C(Cc1ccccc1)N1C(=O)c2ccccc2C1=O. The van der Waals surface area contributed by atoms with Crippen molar-refractivity contribution in [2.24, 2.45) is 0 Å². The molecule has 1 saturated heterocycles. The average molecular weight is 520 g/mol. The fraction of sp³-hybridized carbons (Fsp3) is 0.269. The van der Waals surface area contributed by atoms with Crippen molar-refractivity contribution in [1.29, 1.82) is 0 Å². The molecule has 1 fully saturated rings. The van der Waals surface area contributed by atoms with Gasteiger partial charge in [0, 0.05) is 12.6 Å². The topological polar surface area (TPSA) is 171 Å². The zero-order valence-corrected chi connectivity index (χ0v) is 19.9. The van der Waals surface area contributed by atoms with Crippen molar-refractivity contribution in [3.63, 3.8) is 0 Å². The van der Waals surface area contributed by atoms with Crippen LogP contribution in [0.15, 0.2) is 71.7 Å². The van der Waals surface area contributed by atoms with Crippen LogP contribution >= 0.6 is 0 Å². The maximum atomic E-state index is 13.4. The predicted molar refractivity (Wildman–Crippen MR) is 131 cm³/mol. The van der Waals surface area contributed by atoms with Crippen molar-refractivity contribution >= 4 is 23.5 Å². The number of fused-ring (bicyclic) bond motifs is 1. The number of amides is 3. The van der Waals surface area contributed by atoms with E-state index in [-0.39, 0.29) is 23.4 Å². The molecule has 2 aromatic carbocycles. The first-order valence-electron chi connectivity index (χ1n) is 11.8. The van der Waals surface area contributed by atoms with Crippen molar-refractivity contribution in [3.05, 3.63) is 94.0 Å². The minimum Gasteiger partial charge on any atom is -0.394 e. The van der Waals surface area contributed by atoms with E-state index in [1.807, 2.05) is 0 Å². The molecule has 5 unspecified atom stereocenters.